The topological polar surface area (TPSA) is 35.2 Å². The van der Waals surface area contributed by atoms with E-state index in [0.29, 0.717) is 0 Å². The summed E-state index contributed by atoms with van der Waals surface area (Å²) in [7, 11) is 0. The fourth-order valence-electron chi connectivity index (χ4n) is 2.39. The first-order chi connectivity index (χ1) is 8.16. The van der Waals surface area contributed by atoms with E-state index < -0.39 is 0 Å². The molecule has 1 aromatic heterocycles. The number of thiophene rings is 1. The average Bonchev–Trinajstić information content (AvgIpc) is 2.90. The predicted molar refractivity (Wildman–Crippen MR) is 76.3 cm³/mol. The minimum atomic E-state index is 0.0435. The third kappa shape index (κ3) is 3.78. The van der Waals surface area contributed by atoms with Crippen LogP contribution in [0.15, 0.2) is 15.9 Å². The van der Waals surface area contributed by atoms with Crippen LogP contribution in [-0.4, -0.2) is 12.6 Å². The van der Waals surface area contributed by atoms with Gasteiger partial charge in [-0.15, -0.1) is 11.3 Å². The number of halogens is 1. The van der Waals surface area contributed by atoms with Gasteiger partial charge in [0.1, 0.15) is 6.10 Å². The zero-order chi connectivity index (χ0) is 12.3. The third-order valence-corrected chi connectivity index (χ3v) is 5.02. The summed E-state index contributed by atoms with van der Waals surface area (Å²) in [5.74, 6) is 0.750. The molecule has 0 bridgehead atoms. The first kappa shape index (κ1) is 13.5. The highest BCUT2D eigenvalue weighted by Gasteiger charge is 2.22. The first-order valence-corrected chi connectivity index (χ1v) is 7.90. The second kappa shape index (κ2) is 6.32. The maximum absolute atomic E-state index is 6.05. The number of ether oxygens (including phenoxy) is 1. The van der Waals surface area contributed by atoms with E-state index in [-0.39, 0.29) is 12.1 Å². The van der Waals surface area contributed by atoms with E-state index in [9.17, 15) is 0 Å². The van der Waals surface area contributed by atoms with Gasteiger partial charge in [-0.3, -0.25) is 0 Å². The molecular weight excluding hydrogens is 298 g/mol. The Balaban J connectivity index is 1.92. The van der Waals surface area contributed by atoms with Gasteiger partial charge < -0.3 is 10.5 Å². The van der Waals surface area contributed by atoms with E-state index >= 15 is 0 Å². The highest BCUT2D eigenvalue weighted by molar-refractivity contribution is 9.11. The van der Waals surface area contributed by atoms with Gasteiger partial charge in [-0.2, -0.15) is 0 Å². The van der Waals surface area contributed by atoms with Gasteiger partial charge in [0.25, 0.3) is 0 Å². The molecule has 4 heteroatoms. The number of nitrogens with two attached hydrogens (primary N) is 1. The molecule has 2 atom stereocenters. The van der Waals surface area contributed by atoms with E-state index in [0.717, 1.165) is 16.3 Å². The van der Waals surface area contributed by atoms with Gasteiger partial charge in [-0.25, -0.2) is 0 Å². The normalized spacial score (nSPS) is 20.6. The molecule has 17 heavy (non-hydrogen) atoms. The summed E-state index contributed by atoms with van der Waals surface area (Å²) in [6, 6.07) is 4.22. The highest BCUT2D eigenvalue weighted by Crippen LogP contribution is 2.33. The standard InChI is InChI=1S/C13H20BrNOS/c1-9(15)13(11-6-7-12(14)17-11)16-8-10-4-2-3-5-10/h6-7,9-10,13H,2-5,8,15H2,1H3. The molecule has 2 unspecified atom stereocenters. The Bertz CT molecular complexity index is 347. The number of hydrogen-bond donors (Lipinski definition) is 1. The Morgan fingerprint density at radius 2 is 2.18 bits per heavy atom. The smallest absolute Gasteiger partial charge is 0.106 e. The second-order valence-electron chi connectivity index (χ2n) is 4.91. The molecule has 0 aliphatic heterocycles. The molecule has 1 aliphatic rings. The van der Waals surface area contributed by atoms with Crippen LogP contribution in [-0.2, 0) is 4.74 Å². The van der Waals surface area contributed by atoms with Crippen molar-refractivity contribution < 1.29 is 4.74 Å². The number of hydrogen-bond acceptors (Lipinski definition) is 3. The van der Waals surface area contributed by atoms with E-state index in [2.05, 4.69) is 28.1 Å². The summed E-state index contributed by atoms with van der Waals surface area (Å²) in [5, 5.41) is 0. The Kier molecular flexibility index (Phi) is 5.03. The van der Waals surface area contributed by atoms with Crippen LogP contribution in [0.3, 0.4) is 0 Å². The molecule has 1 fully saturated rings. The summed E-state index contributed by atoms with van der Waals surface area (Å²) >= 11 is 5.21. The van der Waals surface area contributed by atoms with Crippen molar-refractivity contribution in [1.29, 1.82) is 0 Å². The van der Waals surface area contributed by atoms with Crippen molar-refractivity contribution in [2.24, 2.45) is 11.7 Å². The minimum Gasteiger partial charge on any atom is -0.371 e. The number of rotatable bonds is 5. The van der Waals surface area contributed by atoms with Crippen molar-refractivity contribution in [2.75, 3.05) is 6.61 Å². The Morgan fingerprint density at radius 1 is 1.47 bits per heavy atom. The molecule has 2 N–H and O–H groups in total. The van der Waals surface area contributed by atoms with Gasteiger partial charge in [0.2, 0.25) is 0 Å². The first-order valence-electron chi connectivity index (χ1n) is 6.29. The van der Waals surface area contributed by atoms with Crippen LogP contribution >= 0.6 is 27.3 Å². The van der Waals surface area contributed by atoms with Crippen molar-refractivity contribution in [3.63, 3.8) is 0 Å². The average molecular weight is 318 g/mol. The zero-order valence-electron chi connectivity index (χ0n) is 10.2. The minimum absolute atomic E-state index is 0.0435. The van der Waals surface area contributed by atoms with Gasteiger partial charge in [0, 0.05) is 10.9 Å². The molecule has 96 valence electrons. The van der Waals surface area contributed by atoms with E-state index in [1.807, 2.05) is 6.92 Å². The molecule has 1 heterocycles. The lowest BCUT2D eigenvalue weighted by atomic mass is 10.1. The van der Waals surface area contributed by atoms with Crippen LogP contribution in [0.25, 0.3) is 0 Å². The molecule has 0 aromatic carbocycles. The van der Waals surface area contributed by atoms with Crippen LogP contribution < -0.4 is 5.73 Å². The Morgan fingerprint density at radius 3 is 2.71 bits per heavy atom. The van der Waals surface area contributed by atoms with Crippen molar-refractivity contribution in [3.05, 3.63) is 20.8 Å². The molecule has 1 aliphatic carbocycles. The van der Waals surface area contributed by atoms with Crippen LogP contribution in [0.4, 0.5) is 0 Å². The Labute approximate surface area is 116 Å². The monoisotopic (exact) mass is 317 g/mol. The van der Waals surface area contributed by atoms with Crippen molar-refractivity contribution in [2.45, 2.75) is 44.8 Å². The van der Waals surface area contributed by atoms with Crippen LogP contribution in [0.2, 0.25) is 0 Å². The molecular formula is C13H20BrNOS. The van der Waals surface area contributed by atoms with E-state index in [1.165, 1.54) is 30.6 Å². The van der Waals surface area contributed by atoms with E-state index in [4.69, 9.17) is 10.5 Å². The fraction of sp³-hybridized carbons (Fsp3) is 0.692. The fourth-order valence-corrected chi connectivity index (χ4v) is 3.98. The van der Waals surface area contributed by atoms with Gasteiger partial charge in [0.05, 0.1) is 10.4 Å². The predicted octanol–water partition coefficient (Wildman–Crippen LogP) is 4.11. The lowest BCUT2D eigenvalue weighted by molar-refractivity contribution is 0.0190. The Hall–Kier alpha value is 0.1000. The third-order valence-electron chi connectivity index (χ3n) is 3.34. The summed E-state index contributed by atoms with van der Waals surface area (Å²) in [6.45, 7) is 2.88. The molecule has 2 rings (SSSR count). The molecule has 2 nitrogen and oxygen atoms in total. The maximum atomic E-state index is 6.05. The molecule has 1 saturated carbocycles. The largest absolute Gasteiger partial charge is 0.371 e. The molecule has 1 aromatic rings. The lowest BCUT2D eigenvalue weighted by Crippen LogP contribution is -2.27. The zero-order valence-corrected chi connectivity index (χ0v) is 12.6. The lowest BCUT2D eigenvalue weighted by Gasteiger charge is -2.22. The highest BCUT2D eigenvalue weighted by atomic mass is 79.9. The van der Waals surface area contributed by atoms with Crippen molar-refractivity contribution in [3.8, 4) is 0 Å². The summed E-state index contributed by atoms with van der Waals surface area (Å²) in [5.41, 5.74) is 6.03. The van der Waals surface area contributed by atoms with Gasteiger partial charge >= 0.3 is 0 Å². The summed E-state index contributed by atoms with van der Waals surface area (Å²) < 4.78 is 7.19. The van der Waals surface area contributed by atoms with E-state index in [1.54, 1.807) is 11.3 Å². The quantitative estimate of drug-likeness (QED) is 0.887. The van der Waals surface area contributed by atoms with Crippen LogP contribution in [0.1, 0.15) is 43.6 Å². The SMILES string of the molecule is CC(N)C(OCC1CCCC1)c1ccc(Br)s1. The molecule has 0 radical (unpaired) electrons. The molecule has 0 amide bonds. The van der Waals surface area contributed by atoms with Crippen LogP contribution in [0.5, 0.6) is 0 Å². The van der Waals surface area contributed by atoms with Crippen molar-refractivity contribution in [1.82, 2.24) is 0 Å². The van der Waals surface area contributed by atoms with Gasteiger partial charge in [0.15, 0.2) is 0 Å². The van der Waals surface area contributed by atoms with Crippen LogP contribution in [0, 0.1) is 5.92 Å². The molecule has 0 spiro atoms. The maximum Gasteiger partial charge on any atom is 0.106 e. The molecule has 0 saturated heterocycles. The van der Waals surface area contributed by atoms with Gasteiger partial charge in [-0.1, -0.05) is 12.8 Å². The summed E-state index contributed by atoms with van der Waals surface area (Å²) in [6.07, 6.45) is 5.41. The van der Waals surface area contributed by atoms with Crippen molar-refractivity contribution >= 4 is 27.3 Å². The summed E-state index contributed by atoms with van der Waals surface area (Å²) in [4.78, 5) is 1.23. The second-order valence-corrected chi connectivity index (χ2v) is 7.40. The van der Waals surface area contributed by atoms with Gasteiger partial charge in [-0.05, 0) is 53.7 Å².